The Morgan fingerprint density at radius 3 is 2.70 bits per heavy atom. The van der Waals surface area contributed by atoms with Gasteiger partial charge < -0.3 is 15.3 Å². The van der Waals surface area contributed by atoms with Crippen LogP contribution in [-0.4, -0.2) is 44.6 Å². The van der Waals surface area contributed by atoms with E-state index in [1.165, 1.54) is 18.4 Å². The first-order chi connectivity index (χ1) is 14.2. The van der Waals surface area contributed by atoms with Crippen LogP contribution in [0.1, 0.15) is 72.1 Å². The number of aliphatic hydroxyl groups excluding tert-OH is 2. The van der Waals surface area contributed by atoms with Crippen molar-refractivity contribution in [1.29, 1.82) is 0 Å². The third kappa shape index (κ3) is 4.98. The van der Waals surface area contributed by atoms with Crippen molar-refractivity contribution in [3.63, 3.8) is 0 Å². The van der Waals surface area contributed by atoms with Gasteiger partial charge in [-0.1, -0.05) is 56.7 Å². The third-order valence-electron chi connectivity index (χ3n) is 7.92. The smallest absolute Gasteiger partial charge is 0.0811 e. The Kier molecular flexibility index (Phi) is 7.76. The van der Waals surface area contributed by atoms with Gasteiger partial charge in [-0.15, -0.1) is 0 Å². The van der Waals surface area contributed by atoms with Crippen LogP contribution >= 0.6 is 11.8 Å². The SMILES string of the molecule is C=C1/C(=C\C=C2/CCC[C@]3(C)C(CSCC(O)(CC)CC)=CC[C@@H]23)C[C@@H](O)C[C@@H]1O. The van der Waals surface area contributed by atoms with Gasteiger partial charge in [0.05, 0.1) is 17.8 Å². The molecule has 0 spiro atoms. The monoisotopic (exact) mass is 432 g/mol. The zero-order valence-electron chi connectivity index (χ0n) is 19.0. The van der Waals surface area contributed by atoms with Crippen molar-refractivity contribution in [2.75, 3.05) is 11.5 Å². The fraction of sp³-hybridized carbons (Fsp3) is 0.692. The molecule has 0 amide bonds. The van der Waals surface area contributed by atoms with Crippen LogP contribution < -0.4 is 0 Å². The zero-order valence-corrected chi connectivity index (χ0v) is 19.8. The van der Waals surface area contributed by atoms with Gasteiger partial charge in [-0.3, -0.25) is 0 Å². The summed E-state index contributed by atoms with van der Waals surface area (Å²) in [5.74, 6) is 2.36. The molecule has 3 aliphatic carbocycles. The molecule has 3 rings (SSSR count). The predicted octanol–water partition coefficient (Wildman–Crippen LogP) is 5.33. The van der Waals surface area contributed by atoms with Gasteiger partial charge >= 0.3 is 0 Å². The Labute approximate surface area is 187 Å². The summed E-state index contributed by atoms with van der Waals surface area (Å²) in [6.07, 6.45) is 13.0. The second-order valence-corrected chi connectivity index (χ2v) is 10.8. The Bertz CT molecular complexity index is 731. The highest BCUT2D eigenvalue weighted by Gasteiger charge is 2.44. The fourth-order valence-electron chi connectivity index (χ4n) is 5.40. The van der Waals surface area contributed by atoms with Crippen LogP contribution in [0.25, 0.3) is 0 Å². The van der Waals surface area contributed by atoms with Crippen LogP contribution in [-0.2, 0) is 0 Å². The van der Waals surface area contributed by atoms with Crippen molar-refractivity contribution in [1.82, 2.24) is 0 Å². The summed E-state index contributed by atoms with van der Waals surface area (Å²) < 4.78 is 0. The summed E-state index contributed by atoms with van der Waals surface area (Å²) in [7, 11) is 0. The number of thioether (sulfide) groups is 1. The Hall–Kier alpha value is -0.810. The molecule has 2 saturated carbocycles. The first kappa shape index (κ1) is 23.8. The van der Waals surface area contributed by atoms with Crippen LogP contribution in [0.5, 0.6) is 0 Å². The third-order valence-corrected chi connectivity index (χ3v) is 9.18. The lowest BCUT2D eigenvalue weighted by Gasteiger charge is -2.41. The average molecular weight is 433 g/mol. The van der Waals surface area contributed by atoms with Crippen molar-refractivity contribution in [3.05, 3.63) is 47.1 Å². The van der Waals surface area contributed by atoms with Crippen LogP contribution in [0.4, 0.5) is 0 Å². The molecule has 4 atom stereocenters. The van der Waals surface area contributed by atoms with E-state index in [1.807, 2.05) is 11.8 Å². The summed E-state index contributed by atoms with van der Waals surface area (Å²) in [6, 6.07) is 0. The van der Waals surface area contributed by atoms with Crippen LogP contribution in [0.15, 0.2) is 47.1 Å². The first-order valence-electron chi connectivity index (χ1n) is 11.7. The molecule has 0 aromatic rings. The van der Waals surface area contributed by atoms with Gasteiger partial charge in [0.2, 0.25) is 0 Å². The van der Waals surface area contributed by atoms with E-state index >= 15 is 0 Å². The lowest BCUT2D eigenvalue weighted by atomic mass is 9.64. The van der Waals surface area contributed by atoms with Gasteiger partial charge in [-0.25, -0.2) is 0 Å². The van der Waals surface area contributed by atoms with Crippen molar-refractivity contribution >= 4 is 11.8 Å². The second kappa shape index (κ2) is 9.77. The first-order valence-corrected chi connectivity index (χ1v) is 12.8. The van der Waals surface area contributed by atoms with E-state index < -0.39 is 17.8 Å². The van der Waals surface area contributed by atoms with E-state index in [0.717, 1.165) is 48.3 Å². The number of rotatable bonds is 7. The fourth-order valence-corrected chi connectivity index (χ4v) is 6.96. The van der Waals surface area contributed by atoms with Gasteiger partial charge in [-0.05, 0) is 67.4 Å². The average Bonchev–Trinajstić information content (AvgIpc) is 3.06. The maximum absolute atomic E-state index is 10.6. The number of hydrogen-bond donors (Lipinski definition) is 3. The van der Waals surface area contributed by atoms with E-state index in [4.69, 9.17) is 0 Å². The highest BCUT2D eigenvalue weighted by molar-refractivity contribution is 7.99. The molecule has 3 nitrogen and oxygen atoms in total. The van der Waals surface area contributed by atoms with Gasteiger partial charge in [-0.2, -0.15) is 11.8 Å². The quantitative estimate of drug-likeness (QED) is 0.476. The van der Waals surface area contributed by atoms with Gasteiger partial charge in [0.25, 0.3) is 0 Å². The minimum Gasteiger partial charge on any atom is -0.393 e. The summed E-state index contributed by atoms with van der Waals surface area (Å²) in [4.78, 5) is 0. The van der Waals surface area contributed by atoms with E-state index in [9.17, 15) is 15.3 Å². The standard InChI is InChI=1S/C26H40O3S/c1-5-26(29,6-2)17-30-16-21-11-12-23-19(8-7-13-25(21,23)4)9-10-20-14-22(27)15-24(28)18(20)3/h9-11,22-24,27-29H,3,5-8,12-17H2,1-2,4H3/b19-9+,20-10-/t22-,23+,24+,25-/m1/s1. The van der Waals surface area contributed by atoms with E-state index in [0.29, 0.717) is 18.8 Å². The Morgan fingerprint density at radius 1 is 1.27 bits per heavy atom. The highest BCUT2D eigenvalue weighted by Crippen LogP contribution is 2.55. The molecule has 3 N–H and O–H groups in total. The molecule has 30 heavy (non-hydrogen) atoms. The van der Waals surface area contributed by atoms with Crippen LogP contribution in [0.2, 0.25) is 0 Å². The number of aliphatic hydroxyl groups is 3. The van der Waals surface area contributed by atoms with Crippen LogP contribution in [0, 0.1) is 11.3 Å². The van der Waals surface area contributed by atoms with Crippen LogP contribution in [0.3, 0.4) is 0 Å². The second-order valence-electron chi connectivity index (χ2n) is 9.78. The molecule has 168 valence electrons. The molecule has 0 aromatic carbocycles. The highest BCUT2D eigenvalue weighted by atomic mass is 32.2. The lowest BCUT2D eigenvalue weighted by molar-refractivity contribution is 0.0572. The normalized spacial score (nSPS) is 35.1. The zero-order chi connectivity index (χ0) is 21.9. The number of allylic oxidation sites excluding steroid dienone is 4. The summed E-state index contributed by atoms with van der Waals surface area (Å²) in [6.45, 7) is 10.6. The molecule has 0 heterocycles. The summed E-state index contributed by atoms with van der Waals surface area (Å²) >= 11 is 1.88. The minimum atomic E-state index is -0.628. The van der Waals surface area contributed by atoms with Gasteiger partial charge in [0.15, 0.2) is 0 Å². The molecular weight excluding hydrogens is 392 g/mol. The van der Waals surface area contributed by atoms with E-state index in [1.54, 1.807) is 5.57 Å². The lowest BCUT2D eigenvalue weighted by Crippen LogP contribution is -2.32. The van der Waals surface area contributed by atoms with Crippen molar-refractivity contribution in [3.8, 4) is 0 Å². The molecule has 3 aliphatic rings. The summed E-state index contributed by atoms with van der Waals surface area (Å²) in [5.41, 5.74) is 4.48. The molecule has 4 heteroatoms. The van der Waals surface area contributed by atoms with Crippen molar-refractivity contribution < 1.29 is 15.3 Å². The number of fused-ring (bicyclic) bond motifs is 1. The van der Waals surface area contributed by atoms with Gasteiger partial charge in [0.1, 0.15) is 0 Å². The predicted molar refractivity (Wildman–Crippen MR) is 128 cm³/mol. The largest absolute Gasteiger partial charge is 0.393 e. The molecule has 0 saturated heterocycles. The van der Waals surface area contributed by atoms with E-state index in [2.05, 4.69) is 45.6 Å². The maximum atomic E-state index is 10.6. The molecule has 2 fully saturated rings. The summed E-state index contributed by atoms with van der Waals surface area (Å²) in [5, 5.41) is 30.7. The Morgan fingerprint density at radius 2 is 2.00 bits per heavy atom. The molecule has 0 aromatic heterocycles. The maximum Gasteiger partial charge on any atom is 0.0811 e. The minimum absolute atomic E-state index is 0.217. The van der Waals surface area contributed by atoms with Crippen molar-refractivity contribution in [2.45, 2.75) is 89.9 Å². The molecule has 0 radical (unpaired) electrons. The number of hydrogen-bond acceptors (Lipinski definition) is 4. The topological polar surface area (TPSA) is 60.7 Å². The Balaban J connectivity index is 1.68. The molecule has 0 unspecified atom stereocenters. The molecule has 0 aliphatic heterocycles. The molecular formula is C26H40O3S. The van der Waals surface area contributed by atoms with Crippen molar-refractivity contribution in [2.24, 2.45) is 11.3 Å². The van der Waals surface area contributed by atoms with E-state index in [-0.39, 0.29) is 5.41 Å². The van der Waals surface area contributed by atoms with Gasteiger partial charge in [0, 0.05) is 17.9 Å². The molecule has 0 bridgehead atoms.